The molecule has 0 bridgehead atoms. The van der Waals surface area contributed by atoms with E-state index in [-0.39, 0.29) is 12.5 Å². The molecule has 2 aromatic heterocycles. The second kappa shape index (κ2) is 9.70. The fraction of sp³-hybridized carbons (Fsp3) is 0.391. The summed E-state index contributed by atoms with van der Waals surface area (Å²) >= 11 is 3.40. The van der Waals surface area contributed by atoms with Crippen LogP contribution in [0, 0.1) is 6.92 Å². The maximum atomic E-state index is 12.8. The molecule has 1 aliphatic heterocycles. The molecule has 1 saturated heterocycles. The molecule has 0 spiro atoms. The van der Waals surface area contributed by atoms with E-state index < -0.39 is 0 Å². The molecule has 0 atom stereocenters. The summed E-state index contributed by atoms with van der Waals surface area (Å²) in [4.78, 5) is 17.1. The molecule has 31 heavy (non-hydrogen) atoms. The number of aromatic nitrogens is 2. The molecule has 7 nitrogen and oxygen atoms in total. The number of carbonyl (C=O) groups is 1. The van der Waals surface area contributed by atoms with Gasteiger partial charge in [-0.1, -0.05) is 15.9 Å². The summed E-state index contributed by atoms with van der Waals surface area (Å²) in [5.74, 6) is 1.68. The smallest absolute Gasteiger partial charge is 0.289 e. The van der Waals surface area contributed by atoms with E-state index in [2.05, 4.69) is 46.0 Å². The van der Waals surface area contributed by atoms with Gasteiger partial charge in [0.1, 0.15) is 18.1 Å². The van der Waals surface area contributed by atoms with E-state index in [4.69, 9.17) is 9.15 Å². The van der Waals surface area contributed by atoms with Crippen molar-refractivity contribution in [3.8, 4) is 5.75 Å². The number of hydrogen-bond acceptors (Lipinski definition) is 5. The predicted molar refractivity (Wildman–Crippen MR) is 121 cm³/mol. The number of nitrogens with zero attached hydrogens (tertiary/aromatic N) is 4. The van der Waals surface area contributed by atoms with Crippen LogP contribution in [0.4, 0.5) is 0 Å². The van der Waals surface area contributed by atoms with E-state index >= 15 is 0 Å². The first-order chi connectivity index (χ1) is 15.0. The second-order valence-corrected chi connectivity index (χ2v) is 8.59. The summed E-state index contributed by atoms with van der Waals surface area (Å²) in [5, 5.41) is 4.52. The normalized spacial score (nSPS) is 14.7. The Hall–Kier alpha value is -2.58. The Morgan fingerprint density at radius 2 is 1.87 bits per heavy atom. The average Bonchev–Trinajstić information content (AvgIpc) is 3.40. The first-order valence-corrected chi connectivity index (χ1v) is 11.3. The highest BCUT2D eigenvalue weighted by atomic mass is 79.9. The van der Waals surface area contributed by atoms with Crippen LogP contribution in [0.1, 0.15) is 34.5 Å². The lowest BCUT2D eigenvalue weighted by Crippen LogP contribution is -2.48. The van der Waals surface area contributed by atoms with Crippen molar-refractivity contribution in [3.05, 3.63) is 69.8 Å². The molecule has 0 unspecified atom stereocenters. The lowest BCUT2D eigenvalue weighted by molar-refractivity contribution is 0.0594. The summed E-state index contributed by atoms with van der Waals surface area (Å²) < 4.78 is 14.4. The minimum Gasteiger partial charge on any atom is -0.486 e. The van der Waals surface area contributed by atoms with Crippen LogP contribution in [0.2, 0.25) is 0 Å². The number of rotatable bonds is 7. The minimum atomic E-state index is -0.0653. The number of halogens is 1. The molecular formula is C23H27BrN4O3. The third kappa shape index (κ3) is 5.37. The SMILES string of the molecule is CCn1cc(CN2CCN(C(=O)c3ccc(COc4ccc(Br)cc4)o3)CC2)c(C)n1. The summed E-state index contributed by atoms with van der Waals surface area (Å²) in [6.45, 7) is 9.22. The molecule has 0 saturated carbocycles. The van der Waals surface area contributed by atoms with Crippen molar-refractivity contribution in [1.82, 2.24) is 19.6 Å². The Labute approximate surface area is 190 Å². The molecule has 4 rings (SSSR count). The van der Waals surface area contributed by atoms with Crippen LogP contribution in [-0.4, -0.2) is 51.7 Å². The van der Waals surface area contributed by atoms with Gasteiger partial charge in [-0.2, -0.15) is 5.10 Å². The quantitative estimate of drug-likeness (QED) is 0.502. The molecule has 1 aromatic carbocycles. The van der Waals surface area contributed by atoms with Gasteiger partial charge < -0.3 is 14.1 Å². The van der Waals surface area contributed by atoms with Crippen molar-refractivity contribution in [1.29, 1.82) is 0 Å². The van der Waals surface area contributed by atoms with Crippen molar-refractivity contribution < 1.29 is 13.9 Å². The maximum absolute atomic E-state index is 12.8. The third-order valence-corrected chi connectivity index (χ3v) is 6.02. The van der Waals surface area contributed by atoms with Crippen LogP contribution >= 0.6 is 15.9 Å². The first kappa shape index (κ1) is 21.6. The van der Waals surface area contributed by atoms with Crippen molar-refractivity contribution in [3.63, 3.8) is 0 Å². The Bertz CT molecular complexity index is 1020. The molecule has 0 radical (unpaired) electrons. The van der Waals surface area contributed by atoms with Gasteiger partial charge in [-0.3, -0.25) is 14.4 Å². The Morgan fingerprint density at radius 3 is 2.55 bits per heavy atom. The van der Waals surface area contributed by atoms with Gasteiger partial charge in [0.05, 0.1) is 5.69 Å². The van der Waals surface area contributed by atoms with Crippen LogP contribution < -0.4 is 4.74 Å². The van der Waals surface area contributed by atoms with E-state index in [9.17, 15) is 4.79 Å². The van der Waals surface area contributed by atoms with Crippen LogP contribution in [0.5, 0.6) is 5.75 Å². The second-order valence-electron chi connectivity index (χ2n) is 7.67. The number of piperazine rings is 1. The number of hydrogen-bond donors (Lipinski definition) is 0. The number of benzene rings is 1. The predicted octanol–water partition coefficient (Wildman–Crippen LogP) is 4.10. The largest absolute Gasteiger partial charge is 0.486 e. The lowest BCUT2D eigenvalue weighted by atomic mass is 10.2. The Morgan fingerprint density at radius 1 is 1.13 bits per heavy atom. The van der Waals surface area contributed by atoms with Gasteiger partial charge in [-0.05, 0) is 50.2 Å². The lowest BCUT2D eigenvalue weighted by Gasteiger charge is -2.34. The molecule has 3 heterocycles. The van der Waals surface area contributed by atoms with Crippen LogP contribution in [0.25, 0.3) is 0 Å². The van der Waals surface area contributed by atoms with Gasteiger partial charge in [0, 0.05) is 55.5 Å². The van der Waals surface area contributed by atoms with Crippen molar-refractivity contribution in [2.75, 3.05) is 26.2 Å². The summed E-state index contributed by atoms with van der Waals surface area (Å²) in [6.07, 6.45) is 2.12. The van der Waals surface area contributed by atoms with Crippen LogP contribution in [0.3, 0.4) is 0 Å². The molecule has 0 aliphatic carbocycles. The molecule has 1 aliphatic rings. The number of furan rings is 1. The van der Waals surface area contributed by atoms with Gasteiger partial charge in [-0.15, -0.1) is 0 Å². The molecule has 8 heteroatoms. The standard InChI is InChI=1S/C23H27BrN4O3/c1-3-28-15-18(17(2)25-28)14-26-10-12-27(13-11-26)23(29)22-9-8-21(31-22)16-30-20-6-4-19(24)5-7-20/h4-9,15H,3,10-14,16H2,1-2H3. The molecule has 1 fully saturated rings. The van der Waals surface area contributed by atoms with Gasteiger partial charge in [0.15, 0.2) is 5.76 Å². The zero-order chi connectivity index (χ0) is 21.8. The van der Waals surface area contributed by atoms with Crippen molar-refractivity contribution in [2.24, 2.45) is 0 Å². The minimum absolute atomic E-state index is 0.0653. The van der Waals surface area contributed by atoms with E-state index in [0.717, 1.165) is 42.1 Å². The zero-order valence-corrected chi connectivity index (χ0v) is 19.5. The van der Waals surface area contributed by atoms with E-state index in [0.29, 0.717) is 24.6 Å². The molecule has 3 aromatic rings. The van der Waals surface area contributed by atoms with Crippen LogP contribution in [-0.2, 0) is 19.7 Å². The van der Waals surface area contributed by atoms with Crippen molar-refractivity contribution in [2.45, 2.75) is 33.5 Å². The summed E-state index contributed by atoms with van der Waals surface area (Å²) in [6, 6.07) is 11.1. The molecule has 164 valence electrons. The fourth-order valence-corrected chi connectivity index (χ4v) is 3.90. The third-order valence-electron chi connectivity index (χ3n) is 5.49. The first-order valence-electron chi connectivity index (χ1n) is 10.5. The van der Waals surface area contributed by atoms with Crippen molar-refractivity contribution >= 4 is 21.8 Å². The summed E-state index contributed by atoms with van der Waals surface area (Å²) in [5.41, 5.74) is 2.33. The van der Waals surface area contributed by atoms with E-state index in [1.54, 1.807) is 12.1 Å². The van der Waals surface area contributed by atoms with Crippen LogP contribution in [0.15, 0.2) is 51.5 Å². The molecule has 0 N–H and O–H groups in total. The maximum Gasteiger partial charge on any atom is 0.289 e. The number of amides is 1. The van der Waals surface area contributed by atoms with E-state index in [1.807, 2.05) is 33.8 Å². The highest BCUT2D eigenvalue weighted by molar-refractivity contribution is 9.10. The van der Waals surface area contributed by atoms with Gasteiger partial charge >= 0.3 is 0 Å². The number of carbonyl (C=O) groups excluding carboxylic acids is 1. The van der Waals surface area contributed by atoms with Gasteiger partial charge in [0.25, 0.3) is 5.91 Å². The summed E-state index contributed by atoms with van der Waals surface area (Å²) in [7, 11) is 0. The zero-order valence-electron chi connectivity index (χ0n) is 17.9. The van der Waals surface area contributed by atoms with Gasteiger partial charge in [0.2, 0.25) is 0 Å². The fourth-order valence-electron chi connectivity index (χ4n) is 3.64. The molecular weight excluding hydrogens is 460 g/mol. The Balaban J connectivity index is 1.27. The Kier molecular flexibility index (Phi) is 6.77. The number of ether oxygens (including phenoxy) is 1. The monoisotopic (exact) mass is 486 g/mol. The average molecular weight is 487 g/mol. The topological polar surface area (TPSA) is 63.7 Å². The number of aryl methyl sites for hydroxylation is 2. The van der Waals surface area contributed by atoms with Gasteiger partial charge in [-0.25, -0.2) is 0 Å². The highest BCUT2D eigenvalue weighted by Crippen LogP contribution is 2.19. The molecule has 1 amide bonds. The van der Waals surface area contributed by atoms with E-state index in [1.165, 1.54) is 5.56 Å². The highest BCUT2D eigenvalue weighted by Gasteiger charge is 2.25.